The Balaban J connectivity index is 1.27. The number of nitrogens with one attached hydrogen (secondary N) is 1. The minimum absolute atomic E-state index is 0.242. The number of likely N-dealkylation sites (N-methyl/N-ethyl adjacent to an activating group) is 1. The summed E-state index contributed by atoms with van der Waals surface area (Å²) < 4.78 is 0. The molecule has 5 nitrogen and oxygen atoms in total. The number of benzene rings is 2. The molecule has 152 valence electrons. The molecule has 4 rings (SSSR count). The molecule has 1 amide bonds. The van der Waals surface area contributed by atoms with Crippen molar-refractivity contribution in [2.75, 3.05) is 26.7 Å². The van der Waals surface area contributed by atoms with Crippen LogP contribution >= 0.6 is 0 Å². The maximum absolute atomic E-state index is 12.8. The lowest BCUT2D eigenvalue weighted by molar-refractivity contribution is -0.133. The summed E-state index contributed by atoms with van der Waals surface area (Å²) in [6.45, 7) is 2.74. The van der Waals surface area contributed by atoms with Crippen molar-refractivity contribution >= 4 is 16.9 Å². The van der Waals surface area contributed by atoms with Crippen molar-refractivity contribution in [3.63, 3.8) is 0 Å². The molecule has 1 atom stereocenters. The van der Waals surface area contributed by atoms with Crippen LogP contribution in [0, 0.1) is 0 Å². The molecule has 0 spiro atoms. The lowest BCUT2D eigenvalue weighted by atomic mass is 10.0. The van der Waals surface area contributed by atoms with Crippen molar-refractivity contribution in [3.05, 3.63) is 66.0 Å². The summed E-state index contributed by atoms with van der Waals surface area (Å²) >= 11 is 0. The van der Waals surface area contributed by atoms with Gasteiger partial charge in [0.05, 0.1) is 11.0 Å². The first kappa shape index (κ1) is 19.6. The predicted octanol–water partition coefficient (Wildman–Crippen LogP) is 3.66. The van der Waals surface area contributed by atoms with Gasteiger partial charge in [0, 0.05) is 38.5 Å². The number of aromatic nitrogens is 2. The van der Waals surface area contributed by atoms with Crippen molar-refractivity contribution in [1.82, 2.24) is 19.8 Å². The molecule has 29 heavy (non-hydrogen) atoms. The number of carbonyl (C=O) groups excluding carboxylic acids is 1. The van der Waals surface area contributed by atoms with Gasteiger partial charge in [-0.05, 0) is 44.0 Å². The highest BCUT2D eigenvalue weighted by Gasteiger charge is 2.26. The summed E-state index contributed by atoms with van der Waals surface area (Å²) in [5, 5.41) is 0. The van der Waals surface area contributed by atoms with Crippen LogP contribution in [0.1, 0.15) is 30.7 Å². The largest absolute Gasteiger partial charge is 0.342 e. The molecule has 5 heteroatoms. The van der Waals surface area contributed by atoms with E-state index < -0.39 is 0 Å². The first-order chi connectivity index (χ1) is 14.2. The molecule has 1 fully saturated rings. The van der Waals surface area contributed by atoms with Gasteiger partial charge in [-0.2, -0.15) is 0 Å². The van der Waals surface area contributed by atoms with Crippen molar-refractivity contribution in [2.24, 2.45) is 0 Å². The maximum atomic E-state index is 12.8. The van der Waals surface area contributed by atoms with Gasteiger partial charge in [-0.25, -0.2) is 4.98 Å². The van der Waals surface area contributed by atoms with Gasteiger partial charge in [0.25, 0.3) is 0 Å². The number of fused-ring (bicyclic) bond motifs is 1. The molecule has 0 saturated carbocycles. The number of rotatable bonds is 7. The summed E-state index contributed by atoms with van der Waals surface area (Å²) in [4.78, 5) is 25.2. The van der Waals surface area contributed by atoms with Crippen molar-refractivity contribution in [2.45, 2.75) is 38.1 Å². The molecular weight excluding hydrogens is 360 g/mol. The van der Waals surface area contributed by atoms with Gasteiger partial charge in [0.15, 0.2) is 0 Å². The van der Waals surface area contributed by atoms with E-state index in [-0.39, 0.29) is 5.91 Å². The molecule has 1 unspecified atom stereocenters. The van der Waals surface area contributed by atoms with Crippen LogP contribution in [-0.4, -0.2) is 58.4 Å². The number of imidazole rings is 1. The van der Waals surface area contributed by atoms with E-state index in [0.717, 1.165) is 49.3 Å². The molecule has 1 aliphatic heterocycles. The highest BCUT2D eigenvalue weighted by Crippen LogP contribution is 2.17. The zero-order chi connectivity index (χ0) is 20.1. The fourth-order valence-corrected chi connectivity index (χ4v) is 4.18. The number of hydrogen-bond donors (Lipinski definition) is 1. The third kappa shape index (κ3) is 5.04. The highest BCUT2D eigenvalue weighted by atomic mass is 16.2. The van der Waals surface area contributed by atoms with E-state index in [1.807, 2.05) is 24.3 Å². The first-order valence-electron chi connectivity index (χ1n) is 10.6. The van der Waals surface area contributed by atoms with Gasteiger partial charge in [-0.1, -0.05) is 42.5 Å². The van der Waals surface area contributed by atoms with Crippen LogP contribution in [0.3, 0.4) is 0 Å². The smallest absolute Gasteiger partial charge is 0.223 e. The Hall–Kier alpha value is -2.66. The molecule has 1 aliphatic rings. The van der Waals surface area contributed by atoms with Gasteiger partial charge in [-0.3, -0.25) is 4.79 Å². The zero-order valence-corrected chi connectivity index (χ0v) is 17.2. The van der Waals surface area contributed by atoms with Crippen LogP contribution in [0.15, 0.2) is 54.6 Å². The molecule has 3 aromatic rings. The first-order valence-corrected chi connectivity index (χ1v) is 10.6. The number of hydrogen-bond acceptors (Lipinski definition) is 3. The van der Waals surface area contributed by atoms with Gasteiger partial charge in [0.2, 0.25) is 5.91 Å². The summed E-state index contributed by atoms with van der Waals surface area (Å²) in [7, 11) is 2.19. The Morgan fingerprint density at radius 1 is 1.14 bits per heavy atom. The predicted molar refractivity (Wildman–Crippen MR) is 117 cm³/mol. The van der Waals surface area contributed by atoms with E-state index in [0.29, 0.717) is 18.9 Å². The van der Waals surface area contributed by atoms with E-state index in [1.165, 1.54) is 12.0 Å². The van der Waals surface area contributed by atoms with E-state index in [4.69, 9.17) is 0 Å². The molecule has 0 radical (unpaired) electrons. The quantitative estimate of drug-likeness (QED) is 0.670. The Kier molecular flexibility index (Phi) is 6.25. The second-order valence-corrected chi connectivity index (χ2v) is 8.05. The molecule has 1 saturated heterocycles. The summed E-state index contributed by atoms with van der Waals surface area (Å²) in [5.74, 6) is 1.14. The maximum Gasteiger partial charge on any atom is 0.223 e. The van der Waals surface area contributed by atoms with Gasteiger partial charge in [0.1, 0.15) is 5.82 Å². The van der Waals surface area contributed by atoms with E-state index in [1.54, 1.807) is 0 Å². The van der Waals surface area contributed by atoms with Crippen LogP contribution in [0.5, 0.6) is 0 Å². The minimum atomic E-state index is 0.242. The van der Waals surface area contributed by atoms with E-state index >= 15 is 0 Å². The molecule has 1 aromatic heterocycles. The number of aryl methyl sites for hydroxylation is 1. The standard InChI is InChI=1S/C24H30N4O/c1-27(17-15-19-8-3-2-4-9-19)20-10-7-16-28(18-20)24(29)14-13-23-25-21-11-5-6-12-22(21)26-23/h2-6,8-9,11-12,20H,7,10,13-18H2,1H3,(H,25,26). The van der Waals surface area contributed by atoms with Gasteiger partial charge in [-0.15, -0.1) is 0 Å². The third-order valence-electron chi connectivity index (χ3n) is 5.98. The number of para-hydroxylation sites is 2. The SMILES string of the molecule is CN(CCc1ccccc1)C1CCCN(C(=O)CCc2nc3ccccc3[nH]2)C1. The van der Waals surface area contributed by atoms with Crippen molar-refractivity contribution in [3.8, 4) is 0 Å². The third-order valence-corrected chi connectivity index (χ3v) is 5.98. The van der Waals surface area contributed by atoms with Gasteiger partial charge >= 0.3 is 0 Å². The van der Waals surface area contributed by atoms with E-state index in [9.17, 15) is 4.79 Å². The summed E-state index contributed by atoms with van der Waals surface area (Å²) in [6.07, 6.45) is 4.47. The second kappa shape index (κ2) is 9.23. The Bertz CT molecular complexity index is 903. The summed E-state index contributed by atoms with van der Waals surface area (Å²) in [6, 6.07) is 19.1. The number of H-pyrrole nitrogens is 1. The monoisotopic (exact) mass is 390 g/mol. The lowest BCUT2D eigenvalue weighted by Gasteiger charge is -2.37. The second-order valence-electron chi connectivity index (χ2n) is 8.05. The fraction of sp³-hybridized carbons (Fsp3) is 0.417. The minimum Gasteiger partial charge on any atom is -0.342 e. The van der Waals surface area contributed by atoms with Crippen molar-refractivity contribution in [1.29, 1.82) is 0 Å². The van der Waals surface area contributed by atoms with E-state index in [2.05, 4.69) is 57.1 Å². The molecule has 1 N–H and O–H groups in total. The van der Waals surface area contributed by atoms with Crippen LogP contribution in [0.25, 0.3) is 11.0 Å². The topological polar surface area (TPSA) is 52.2 Å². The number of piperidine rings is 1. The Labute approximate surface area is 172 Å². The zero-order valence-electron chi connectivity index (χ0n) is 17.2. The normalized spacial score (nSPS) is 17.2. The number of likely N-dealkylation sites (tertiary alicyclic amines) is 1. The molecule has 2 aromatic carbocycles. The number of aromatic amines is 1. The van der Waals surface area contributed by atoms with Crippen LogP contribution in [0.2, 0.25) is 0 Å². The number of carbonyl (C=O) groups is 1. The highest BCUT2D eigenvalue weighted by molar-refractivity contribution is 5.77. The van der Waals surface area contributed by atoms with Crippen molar-refractivity contribution < 1.29 is 4.79 Å². The van der Waals surface area contributed by atoms with Crippen LogP contribution in [0.4, 0.5) is 0 Å². The Morgan fingerprint density at radius 2 is 1.93 bits per heavy atom. The lowest BCUT2D eigenvalue weighted by Crippen LogP contribution is -2.49. The average molecular weight is 391 g/mol. The van der Waals surface area contributed by atoms with Crippen LogP contribution in [-0.2, 0) is 17.6 Å². The molecular formula is C24H30N4O. The molecule has 2 heterocycles. The van der Waals surface area contributed by atoms with Crippen LogP contribution < -0.4 is 0 Å². The van der Waals surface area contributed by atoms with Gasteiger partial charge < -0.3 is 14.8 Å². The number of nitrogens with zero attached hydrogens (tertiary/aromatic N) is 3. The molecule has 0 aliphatic carbocycles. The Morgan fingerprint density at radius 3 is 2.76 bits per heavy atom. The number of amides is 1. The molecule has 0 bridgehead atoms. The summed E-state index contributed by atoms with van der Waals surface area (Å²) in [5.41, 5.74) is 3.37. The average Bonchev–Trinajstić information content (AvgIpc) is 3.19. The fourth-order valence-electron chi connectivity index (χ4n) is 4.18.